The van der Waals surface area contributed by atoms with Gasteiger partial charge in [0.25, 0.3) is 5.91 Å². The van der Waals surface area contributed by atoms with Crippen molar-refractivity contribution in [3.8, 4) is 11.5 Å². The Morgan fingerprint density at radius 3 is 1.80 bits per heavy atom. The molecule has 1 saturated heterocycles. The van der Waals surface area contributed by atoms with Gasteiger partial charge in [-0.25, -0.2) is 14.4 Å². The first-order valence-electron chi connectivity index (χ1n) is 20.4. The maximum Gasteiger partial charge on any atom is 0.347 e. The number of aliphatic carboxylic acids is 1. The lowest BCUT2D eigenvalue weighted by molar-refractivity contribution is -0.152. The van der Waals surface area contributed by atoms with Crippen molar-refractivity contribution in [3.63, 3.8) is 0 Å². The molecule has 1 aromatic heterocycles. The lowest BCUT2D eigenvalue weighted by atomic mass is 10.0. The predicted octanol–water partition coefficient (Wildman–Crippen LogP) is 8.28. The van der Waals surface area contributed by atoms with E-state index in [0.717, 1.165) is 78.8 Å². The molecule has 1 atom stereocenters. The van der Waals surface area contributed by atoms with Crippen LogP contribution in [0.4, 0.5) is 4.79 Å². The van der Waals surface area contributed by atoms with E-state index in [1.54, 1.807) is 7.11 Å². The number of nitrogens with zero attached hydrogens (tertiary/aromatic N) is 3. The Morgan fingerprint density at radius 1 is 0.729 bits per heavy atom. The van der Waals surface area contributed by atoms with Crippen molar-refractivity contribution in [2.45, 2.75) is 111 Å². The smallest absolute Gasteiger partial charge is 0.347 e. The monoisotopic (exact) mass is 802 g/mol. The average Bonchev–Trinajstić information content (AvgIpc) is 3.65. The van der Waals surface area contributed by atoms with Gasteiger partial charge in [0.2, 0.25) is 0 Å². The van der Waals surface area contributed by atoms with E-state index in [4.69, 9.17) is 9.47 Å². The molecule has 4 aromatic carbocycles. The summed E-state index contributed by atoms with van der Waals surface area (Å²) < 4.78 is 14.4. The van der Waals surface area contributed by atoms with Gasteiger partial charge in [0.05, 0.1) is 20.2 Å². The minimum absolute atomic E-state index is 0.0509. The second kappa shape index (κ2) is 20.5. The van der Waals surface area contributed by atoms with Gasteiger partial charge in [-0.2, -0.15) is 0 Å². The van der Waals surface area contributed by atoms with E-state index in [9.17, 15) is 24.3 Å². The van der Waals surface area contributed by atoms with Crippen LogP contribution in [0.1, 0.15) is 85.5 Å². The molecule has 312 valence electrons. The molecule has 1 unspecified atom stereocenters. The maximum atomic E-state index is 13.0. The zero-order valence-corrected chi connectivity index (χ0v) is 35.2. The number of nitrogens with one attached hydrogen (secondary N) is 1. The van der Waals surface area contributed by atoms with E-state index in [2.05, 4.69) is 43.4 Å². The van der Waals surface area contributed by atoms with E-state index in [1.165, 1.54) is 29.9 Å². The number of hydrogen-bond acceptors (Lipinski definition) is 6. The molecule has 1 aliphatic rings. The number of carbonyl (C=O) groups is 3. The van der Waals surface area contributed by atoms with Gasteiger partial charge in [-0.3, -0.25) is 18.8 Å². The highest BCUT2D eigenvalue weighted by atomic mass is 16.5. The minimum atomic E-state index is -1.27. The summed E-state index contributed by atoms with van der Waals surface area (Å²) in [7, 11) is 1.64. The minimum Gasteiger partial charge on any atom is -0.497 e. The Balaban J connectivity index is 0.000000230. The molecule has 0 aliphatic carbocycles. The second-order valence-corrected chi connectivity index (χ2v) is 15.7. The van der Waals surface area contributed by atoms with Crippen molar-refractivity contribution in [2.24, 2.45) is 0 Å². The third-order valence-corrected chi connectivity index (χ3v) is 10.4. The normalized spacial score (nSPS) is 13.8. The fraction of sp³-hybridized carbons (Fsp3) is 0.375. The van der Waals surface area contributed by atoms with Gasteiger partial charge in [-0.15, -0.1) is 0 Å². The van der Waals surface area contributed by atoms with Crippen LogP contribution in [-0.2, 0) is 48.5 Å². The first kappa shape index (κ1) is 44.0. The van der Waals surface area contributed by atoms with Crippen LogP contribution in [0, 0.1) is 13.8 Å². The largest absolute Gasteiger partial charge is 0.497 e. The first-order valence-corrected chi connectivity index (χ1v) is 20.4. The summed E-state index contributed by atoms with van der Waals surface area (Å²) in [6, 6.07) is 30.9. The maximum absolute atomic E-state index is 13.0. The summed E-state index contributed by atoms with van der Waals surface area (Å²) in [5.74, 6) is 0.235. The fourth-order valence-electron chi connectivity index (χ4n) is 6.89. The van der Waals surface area contributed by atoms with Crippen LogP contribution in [0.5, 0.6) is 11.5 Å². The molecule has 2 N–H and O–H groups in total. The third kappa shape index (κ3) is 12.4. The number of methoxy groups -OCH3 is 1. The van der Waals surface area contributed by atoms with Gasteiger partial charge in [0.15, 0.2) is 5.60 Å². The number of urea groups is 1. The van der Waals surface area contributed by atoms with Gasteiger partial charge in [0.1, 0.15) is 17.5 Å². The zero-order chi connectivity index (χ0) is 42.5. The van der Waals surface area contributed by atoms with Crippen LogP contribution in [0.2, 0.25) is 0 Å². The number of benzene rings is 4. The Labute approximate surface area is 347 Å². The summed E-state index contributed by atoms with van der Waals surface area (Å²) in [4.78, 5) is 50.2. The molecule has 5 aromatic rings. The van der Waals surface area contributed by atoms with Gasteiger partial charge >= 0.3 is 17.7 Å². The summed E-state index contributed by atoms with van der Waals surface area (Å²) in [5.41, 5.74) is 6.64. The number of aryl methyl sites for hydroxylation is 5. The van der Waals surface area contributed by atoms with Crippen molar-refractivity contribution in [3.05, 3.63) is 153 Å². The SMILES string of the molecule is CCCn1c(CCCc2ccc(OC(C)(C)C(=O)O)cc2)cn(Cc2ccc(C)cc2)c1=O.COc1ccc(CCCC2NC(=O)N(Cc3ccc(C)cc3)C2=O)cc1. The van der Waals surface area contributed by atoms with Gasteiger partial charge in [0, 0.05) is 18.4 Å². The number of ether oxygens (including phenoxy) is 2. The van der Waals surface area contributed by atoms with Crippen LogP contribution >= 0.6 is 0 Å². The summed E-state index contributed by atoms with van der Waals surface area (Å²) >= 11 is 0. The highest BCUT2D eigenvalue weighted by Gasteiger charge is 2.37. The summed E-state index contributed by atoms with van der Waals surface area (Å²) in [6.45, 7) is 10.8. The molecular weight excluding hydrogens is 745 g/mol. The number of aromatic nitrogens is 2. The topological polar surface area (TPSA) is 132 Å². The van der Waals surface area contributed by atoms with Crippen molar-refractivity contribution >= 4 is 17.9 Å². The number of amides is 3. The summed E-state index contributed by atoms with van der Waals surface area (Å²) in [6.07, 6.45) is 7.85. The van der Waals surface area contributed by atoms with E-state index >= 15 is 0 Å². The molecule has 0 saturated carbocycles. The third-order valence-electron chi connectivity index (χ3n) is 10.4. The Bertz CT molecular complexity index is 2200. The number of hydrogen-bond donors (Lipinski definition) is 2. The molecule has 0 spiro atoms. The molecule has 1 fully saturated rings. The van der Waals surface area contributed by atoms with Crippen molar-refractivity contribution in [2.75, 3.05) is 7.11 Å². The number of carboxylic acid groups (broad SMARTS) is 1. The number of carboxylic acids is 1. The van der Waals surface area contributed by atoms with E-state index in [-0.39, 0.29) is 17.6 Å². The van der Waals surface area contributed by atoms with Crippen LogP contribution in [-0.4, -0.2) is 55.8 Å². The molecule has 6 rings (SSSR count). The molecule has 0 bridgehead atoms. The van der Waals surface area contributed by atoms with E-state index in [1.807, 2.05) is 95.1 Å². The molecule has 0 radical (unpaired) electrons. The molecular formula is C48H58N4O7. The standard InChI is InChI=1S/C27H34N2O4.C21H24N2O3/c1-5-17-29-23(19-28(26(29)32)18-22-11-9-20(2)10-12-22)8-6-7-21-13-15-24(16-14-21)33-27(3,4)25(30)31;1-15-6-8-17(9-7-15)14-23-20(24)19(22-21(23)25)5-3-4-16-10-12-18(26-2)13-11-16/h9-16,19H,5-8,17-18H2,1-4H3,(H,30,31);6-13,19H,3-5,14H2,1-2H3,(H,22,25). The molecule has 11 nitrogen and oxygen atoms in total. The van der Waals surface area contributed by atoms with Crippen LogP contribution in [0.3, 0.4) is 0 Å². The average molecular weight is 803 g/mol. The number of rotatable bonds is 18. The van der Waals surface area contributed by atoms with E-state index in [0.29, 0.717) is 25.3 Å². The summed E-state index contributed by atoms with van der Waals surface area (Å²) in [5, 5.41) is 12.0. The van der Waals surface area contributed by atoms with Crippen molar-refractivity contribution < 1.29 is 29.0 Å². The van der Waals surface area contributed by atoms with Gasteiger partial charge in [-0.05, 0) is 119 Å². The fourth-order valence-corrected chi connectivity index (χ4v) is 6.89. The Hall–Kier alpha value is -6.10. The number of carbonyl (C=O) groups excluding carboxylic acids is 2. The van der Waals surface area contributed by atoms with Crippen LogP contribution < -0.4 is 20.5 Å². The molecule has 11 heteroatoms. The molecule has 2 heterocycles. The van der Waals surface area contributed by atoms with Gasteiger partial charge < -0.3 is 19.9 Å². The lowest BCUT2D eigenvalue weighted by Gasteiger charge is -2.21. The quantitative estimate of drug-likeness (QED) is 0.0853. The predicted molar refractivity (Wildman–Crippen MR) is 230 cm³/mol. The molecule has 59 heavy (non-hydrogen) atoms. The van der Waals surface area contributed by atoms with Crippen LogP contribution in [0.15, 0.2) is 108 Å². The van der Waals surface area contributed by atoms with Gasteiger partial charge in [-0.1, -0.05) is 90.8 Å². The van der Waals surface area contributed by atoms with E-state index < -0.39 is 17.6 Å². The zero-order valence-electron chi connectivity index (χ0n) is 35.2. The number of imide groups is 1. The van der Waals surface area contributed by atoms with Crippen molar-refractivity contribution in [1.29, 1.82) is 0 Å². The highest BCUT2D eigenvalue weighted by Crippen LogP contribution is 2.21. The molecule has 3 amide bonds. The van der Waals surface area contributed by atoms with Crippen LogP contribution in [0.25, 0.3) is 0 Å². The Morgan fingerprint density at radius 2 is 1.25 bits per heavy atom. The highest BCUT2D eigenvalue weighted by molar-refractivity contribution is 6.04. The second-order valence-electron chi connectivity index (χ2n) is 15.7. The van der Waals surface area contributed by atoms with Crippen molar-refractivity contribution in [1.82, 2.24) is 19.4 Å². The first-order chi connectivity index (χ1) is 28.3. The Kier molecular flexibility index (Phi) is 15.3. The lowest BCUT2D eigenvalue weighted by Crippen LogP contribution is -2.37. The molecule has 1 aliphatic heterocycles. The number of imidazole rings is 1.